The second-order valence-corrected chi connectivity index (χ2v) is 7.16. The van der Waals surface area contributed by atoms with Gasteiger partial charge in [-0.1, -0.05) is 43.2 Å². The van der Waals surface area contributed by atoms with Crippen LogP contribution in [0, 0.1) is 0 Å². The smallest absolute Gasteiger partial charge is 0.237 e. The van der Waals surface area contributed by atoms with Crippen molar-refractivity contribution in [3.63, 3.8) is 0 Å². The lowest BCUT2D eigenvalue weighted by Gasteiger charge is -2.36. The zero-order valence-corrected chi connectivity index (χ0v) is 14.5. The zero-order valence-electron chi connectivity index (χ0n) is 14.5. The van der Waals surface area contributed by atoms with Crippen LogP contribution in [0.3, 0.4) is 0 Å². The monoisotopic (exact) mass is 345 g/mol. The van der Waals surface area contributed by atoms with Crippen molar-refractivity contribution in [1.29, 1.82) is 0 Å². The molecule has 1 saturated heterocycles. The molecule has 0 radical (unpaired) electrons. The number of hydrogen-bond donors (Lipinski definition) is 3. The van der Waals surface area contributed by atoms with Crippen LogP contribution >= 0.6 is 0 Å². The molecule has 1 aliphatic carbocycles. The molecule has 25 heavy (non-hydrogen) atoms. The Morgan fingerprint density at radius 3 is 2.68 bits per heavy atom. The zero-order chi connectivity index (χ0) is 17.7. The fourth-order valence-electron chi connectivity index (χ4n) is 3.89. The predicted octanol–water partition coefficient (Wildman–Crippen LogP) is 0.798. The average Bonchev–Trinajstić information content (AvgIpc) is 3.08. The molecule has 0 spiro atoms. The lowest BCUT2D eigenvalue weighted by atomic mass is 9.97. The molecule has 1 aromatic carbocycles. The van der Waals surface area contributed by atoms with E-state index in [0.29, 0.717) is 13.1 Å². The fraction of sp³-hybridized carbons (Fsp3) is 0.579. The van der Waals surface area contributed by atoms with Gasteiger partial charge in [-0.25, -0.2) is 0 Å². The van der Waals surface area contributed by atoms with E-state index in [1.807, 2.05) is 30.3 Å². The lowest BCUT2D eigenvalue weighted by molar-refractivity contribution is -0.135. The number of benzene rings is 1. The molecule has 2 amide bonds. The van der Waals surface area contributed by atoms with E-state index in [0.717, 1.165) is 37.8 Å². The second kappa shape index (κ2) is 7.97. The van der Waals surface area contributed by atoms with Crippen molar-refractivity contribution in [1.82, 2.24) is 15.5 Å². The van der Waals surface area contributed by atoms with Gasteiger partial charge >= 0.3 is 0 Å². The predicted molar refractivity (Wildman–Crippen MR) is 94.7 cm³/mol. The minimum Gasteiger partial charge on any atom is -0.394 e. The van der Waals surface area contributed by atoms with E-state index in [-0.39, 0.29) is 24.8 Å². The van der Waals surface area contributed by atoms with Crippen LogP contribution in [0.5, 0.6) is 0 Å². The Labute approximate surface area is 148 Å². The SMILES string of the molecule is O=C(C[C@H]1C(=O)NCCN1Cc1ccccc1)NC1(CO)CCCC1. The average molecular weight is 345 g/mol. The Kier molecular flexibility index (Phi) is 5.71. The summed E-state index contributed by atoms with van der Waals surface area (Å²) >= 11 is 0. The van der Waals surface area contributed by atoms with E-state index in [9.17, 15) is 14.7 Å². The Morgan fingerprint density at radius 1 is 1.28 bits per heavy atom. The van der Waals surface area contributed by atoms with Crippen LogP contribution < -0.4 is 10.6 Å². The minimum atomic E-state index is -0.494. The largest absolute Gasteiger partial charge is 0.394 e. The summed E-state index contributed by atoms with van der Waals surface area (Å²) in [4.78, 5) is 26.9. The number of amides is 2. The molecule has 3 rings (SSSR count). The molecule has 0 bridgehead atoms. The van der Waals surface area contributed by atoms with Crippen molar-refractivity contribution in [2.45, 2.75) is 50.2 Å². The highest BCUT2D eigenvalue weighted by Gasteiger charge is 2.37. The maximum Gasteiger partial charge on any atom is 0.237 e. The van der Waals surface area contributed by atoms with E-state index in [1.165, 1.54) is 0 Å². The summed E-state index contributed by atoms with van der Waals surface area (Å²) in [7, 11) is 0. The molecule has 0 unspecified atom stereocenters. The molecule has 1 saturated carbocycles. The third-order valence-electron chi connectivity index (χ3n) is 5.32. The Morgan fingerprint density at radius 2 is 2.00 bits per heavy atom. The standard InChI is InChI=1S/C19H27N3O3/c23-14-19(8-4-5-9-19)21-17(24)12-16-18(25)20-10-11-22(16)13-15-6-2-1-3-7-15/h1-3,6-7,16,23H,4-5,8-14H2,(H,20,25)(H,21,24)/t16-/m0/s1. The van der Waals surface area contributed by atoms with Crippen LogP contribution in [-0.2, 0) is 16.1 Å². The van der Waals surface area contributed by atoms with Gasteiger partial charge in [0.2, 0.25) is 11.8 Å². The van der Waals surface area contributed by atoms with Gasteiger partial charge < -0.3 is 15.7 Å². The van der Waals surface area contributed by atoms with E-state index in [2.05, 4.69) is 15.5 Å². The summed E-state index contributed by atoms with van der Waals surface area (Å²) in [6.45, 7) is 1.94. The number of hydrogen-bond acceptors (Lipinski definition) is 4. The van der Waals surface area contributed by atoms with Crippen LogP contribution in [0.4, 0.5) is 0 Å². The van der Waals surface area contributed by atoms with Crippen molar-refractivity contribution in [3.05, 3.63) is 35.9 Å². The molecular weight excluding hydrogens is 318 g/mol. The summed E-state index contributed by atoms with van der Waals surface area (Å²) in [5.41, 5.74) is 0.636. The number of aliphatic hydroxyl groups is 1. The Balaban J connectivity index is 1.64. The summed E-state index contributed by atoms with van der Waals surface area (Å²) in [6, 6.07) is 9.52. The van der Waals surface area contributed by atoms with Gasteiger partial charge in [-0.2, -0.15) is 0 Å². The number of carbonyl (C=O) groups is 2. The minimum absolute atomic E-state index is 0.0384. The number of carbonyl (C=O) groups excluding carboxylic acids is 2. The first-order chi connectivity index (χ1) is 12.1. The van der Waals surface area contributed by atoms with Gasteiger partial charge in [0, 0.05) is 19.6 Å². The maximum atomic E-state index is 12.5. The molecule has 2 aliphatic rings. The van der Waals surface area contributed by atoms with Gasteiger partial charge in [0.1, 0.15) is 0 Å². The van der Waals surface area contributed by atoms with Gasteiger partial charge in [0.25, 0.3) is 0 Å². The molecular formula is C19H27N3O3. The quantitative estimate of drug-likeness (QED) is 0.712. The molecule has 2 fully saturated rings. The molecule has 6 heteroatoms. The van der Waals surface area contributed by atoms with Crippen molar-refractivity contribution in [2.75, 3.05) is 19.7 Å². The van der Waals surface area contributed by atoms with Crippen LogP contribution in [0.1, 0.15) is 37.7 Å². The van der Waals surface area contributed by atoms with E-state index >= 15 is 0 Å². The van der Waals surface area contributed by atoms with Crippen molar-refractivity contribution in [3.8, 4) is 0 Å². The van der Waals surface area contributed by atoms with Gasteiger partial charge in [-0.15, -0.1) is 0 Å². The Bertz CT molecular complexity index is 599. The first kappa shape index (κ1) is 17.9. The van der Waals surface area contributed by atoms with Crippen molar-refractivity contribution >= 4 is 11.8 Å². The van der Waals surface area contributed by atoms with E-state index in [4.69, 9.17) is 0 Å². The van der Waals surface area contributed by atoms with Crippen LogP contribution in [0.2, 0.25) is 0 Å². The summed E-state index contributed by atoms with van der Waals surface area (Å²) in [5, 5.41) is 15.5. The molecule has 136 valence electrons. The van der Waals surface area contributed by atoms with E-state index < -0.39 is 11.6 Å². The van der Waals surface area contributed by atoms with Crippen molar-refractivity contribution < 1.29 is 14.7 Å². The highest BCUT2D eigenvalue weighted by atomic mass is 16.3. The summed E-state index contributed by atoms with van der Waals surface area (Å²) in [6.07, 6.45) is 3.77. The topological polar surface area (TPSA) is 81.7 Å². The van der Waals surface area contributed by atoms with Crippen LogP contribution in [0.15, 0.2) is 30.3 Å². The number of aliphatic hydroxyl groups excluding tert-OH is 1. The molecule has 1 aliphatic heterocycles. The van der Waals surface area contributed by atoms with Crippen LogP contribution in [0.25, 0.3) is 0 Å². The Hall–Kier alpha value is -1.92. The third-order valence-corrected chi connectivity index (χ3v) is 5.32. The third kappa shape index (κ3) is 4.38. The van der Waals surface area contributed by atoms with E-state index in [1.54, 1.807) is 0 Å². The molecule has 6 nitrogen and oxygen atoms in total. The second-order valence-electron chi connectivity index (χ2n) is 7.16. The van der Waals surface area contributed by atoms with Gasteiger partial charge in [0.05, 0.1) is 24.6 Å². The summed E-state index contributed by atoms with van der Waals surface area (Å²) in [5.74, 6) is -0.252. The molecule has 1 heterocycles. The maximum absolute atomic E-state index is 12.5. The fourth-order valence-corrected chi connectivity index (χ4v) is 3.89. The van der Waals surface area contributed by atoms with Gasteiger partial charge in [0.15, 0.2) is 0 Å². The van der Waals surface area contributed by atoms with Gasteiger partial charge in [-0.3, -0.25) is 14.5 Å². The highest BCUT2D eigenvalue weighted by Crippen LogP contribution is 2.29. The highest BCUT2D eigenvalue weighted by molar-refractivity contribution is 5.89. The molecule has 0 aromatic heterocycles. The molecule has 1 aromatic rings. The lowest BCUT2D eigenvalue weighted by Crippen LogP contribution is -2.57. The molecule has 1 atom stereocenters. The number of nitrogens with one attached hydrogen (secondary N) is 2. The number of piperazine rings is 1. The number of nitrogens with zero attached hydrogens (tertiary/aromatic N) is 1. The summed E-state index contributed by atoms with van der Waals surface area (Å²) < 4.78 is 0. The molecule has 3 N–H and O–H groups in total. The number of rotatable bonds is 6. The normalized spacial score (nSPS) is 23.2. The van der Waals surface area contributed by atoms with Gasteiger partial charge in [-0.05, 0) is 18.4 Å². The van der Waals surface area contributed by atoms with Crippen LogP contribution in [-0.4, -0.2) is 53.1 Å². The first-order valence-corrected chi connectivity index (χ1v) is 9.09. The first-order valence-electron chi connectivity index (χ1n) is 9.09. The van der Waals surface area contributed by atoms with Crippen molar-refractivity contribution in [2.24, 2.45) is 0 Å².